The molecular formula is C15H23N3. The van der Waals surface area contributed by atoms with Crippen molar-refractivity contribution in [3.8, 4) is 0 Å². The Hall–Kier alpha value is -1.25. The van der Waals surface area contributed by atoms with Crippen molar-refractivity contribution in [1.82, 2.24) is 4.98 Å². The van der Waals surface area contributed by atoms with Gasteiger partial charge in [0.2, 0.25) is 0 Å². The number of nitrogens with zero attached hydrogens (tertiary/aromatic N) is 1. The third-order valence-electron chi connectivity index (χ3n) is 5.39. The molecule has 0 spiro atoms. The average molecular weight is 245 g/mol. The number of aromatic nitrogens is 1. The summed E-state index contributed by atoms with van der Waals surface area (Å²) in [7, 11) is 0. The molecule has 98 valence electrons. The minimum atomic E-state index is 0.330. The Balaban J connectivity index is 1.91. The van der Waals surface area contributed by atoms with Gasteiger partial charge in [-0.25, -0.2) is 4.98 Å². The van der Waals surface area contributed by atoms with Crippen molar-refractivity contribution in [3.05, 3.63) is 18.3 Å². The van der Waals surface area contributed by atoms with Crippen molar-refractivity contribution in [3.63, 3.8) is 0 Å². The number of nitrogens with two attached hydrogens (primary N) is 1. The molecule has 2 aliphatic rings. The van der Waals surface area contributed by atoms with Gasteiger partial charge < -0.3 is 11.1 Å². The van der Waals surface area contributed by atoms with Crippen molar-refractivity contribution in [2.75, 3.05) is 11.1 Å². The van der Waals surface area contributed by atoms with E-state index in [1.807, 2.05) is 12.1 Å². The van der Waals surface area contributed by atoms with E-state index in [0.717, 1.165) is 17.4 Å². The molecule has 3 rings (SSSR count). The molecule has 2 fully saturated rings. The Morgan fingerprint density at radius 2 is 2.17 bits per heavy atom. The molecule has 3 atom stereocenters. The van der Waals surface area contributed by atoms with E-state index < -0.39 is 0 Å². The fraction of sp³-hybridized carbons (Fsp3) is 0.667. The molecule has 0 aromatic carbocycles. The van der Waals surface area contributed by atoms with E-state index in [9.17, 15) is 0 Å². The first kappa shape index (κ1) is 11.8. The first-order valence-corrected chi connectivity index (χ1v) is 6.90. The lowest BCUT2D eigenvalue weighted by Crippen LogP contribution is -2.46. The Morgan fingerprint density at radius 1 is 1.39 bits per heavy atom. The fourth-order valence-corrected chi connectivity index (χ4v) is 4.34. The molecule has 0 radical (unpaired) electrons. The molecule has 2 bridgehead atoms. The van der Waals surface area contributed by atoms with Crippen LogP contribution >= 0.6 is 0 Å². The number of nitrogen functional groups attached to an aromatic ring is 1. The second-order valence-corrected chi connectivity index (χ2v) is 6.93. The van der Waals surface area contributed by atoms with Crippen LogP contribution in [0, 0.1) is 16.7 Å². The van der Waals surface area contributed by atoms with E-state index in [2.05, 4.69) is 31.1 Å². The number of pyridine rings is 1. The summed E-state index contributed by atoms with van der Waals surface area (Å²) in [6.45, 7) is 7.19. The molecule has 3 nitrogen and oxygen atoms in total. The molecule has 18 heavy (non-hydrogen) atoms. The maximum absolute atomic E-state index is 6.00. The molecule has 2 aliphatic carbocycles. The van der Waals surface area contributed by atoms with Gasteiger partial charge in [-0.05, 0) is 48.1 Å². The molecular weight excluding hydrogens is 222 g/mol. The van der Waals surface area contributed by atoms with E-state index in [0.29, 0.717) is 16.9 Å². The zero-order valence-corrected chi connectivity index (χ0v) is 11.5. The van der Waals surface area contributed by atoms with Gasteiger partial charge in [-0.1, -0.05) is 20.8 Å². The van der Waals surface area contributed by atoms with Gasteiger partial charge in [0, 0.05) is 12.2 Å². The number of rotatable bonds is 2. The third-order valence-corrected chi connectivity index (χ3v) is 5.39. The lowest BCUT2D eigenvalue weighted by molar-refractivity contribution is 0.155. The van der Waals surface area contributed by atoms with Crippen molar-refractivity contribution in [2.24, 2.45) is 16.7 Å². The minimum absolute atomic E-state index is 0.330. The summed E-state index contributed by atoms with van der Waals surface area (Å²) >= 11 is 0. The van der Waals surface area contributed by atoms with Crippen LogP contribution in [-0.4, -0.2) is 11.0 Å². The van der Waals surface area contributed by atoms with Crippen LogP contribution in [0.25, 0.3) is 0 Å². The van der Waals surface area contributed by atoms with Gasteiger partial charge >= 0.3 is 0 Å². The molecule has 2 saturated carbocycles. The lowest BCUT2D eigenvalue weighted by Gasteiger charge is -2.43. The summed E-state index contributed by atoms with van der Waals surface area (Å²) in [4.78, 5) is 4.39. The van der Waals surface area contributed by atoms with Gasteiger partial charge in [0.05, 0.1) is 5.69 Å². The first-order chi connectivity index (χ1) is 8.43. The Bertz CT molecular complexity index is 464. The summed E-state index contributed by atoms with van der Waals surface area (Å²) in [5, 5.41) is 3.64. The monoisotopic (exact) mass is 245 g/mol. The van der Waals surface area contributed by atoms with Gasteiger partial charge in [-0.3, -0.25) is 0 Å². The maximum atomic E-state index is 6.00. The van der Waals surface area contributed by atoms with Gasteiger partial charge in [0.25, 0.3) is 0 Å². The van der Waals surface area contributed by atoms with E-state index in [1.54, 1.807) is 6.20 Å². The highest BCUT2D eigenvalue weighted by Crippen LogP contribution is 2.63. The van der Waals surface area contributed by atoms with Crippen molar-refractivity contribution < 1.29 is 0 Å². The van der Waals surface area contributed by atoms with Gasteiger partial charge in [-0.2, -0.15) is 0 Å². The van der Waals surface area contributed by atoms with Crippen LogP contribution in [0.15, 0.2) is 18.3 Å². The molecule has 1 aromatic heterocycles. The SMILES string of the molecule is CC12CCC(C1)C(C)(C)C2Nc1ncccc1N. The molecule has 1 aromatic rings. The zero-order valence-electron chi connectivity index (χ0n) is 11.5. The molecule has 3 unspecified atom stereocenters. The van der Waals surface area contributed by atoms with Crippen LogP contribution in [0.5, 0.6) is 0 Å². The summed E-state index contributed by atoms with van der Waals surface area (Å²) in [5.74, 6) is 1.69. The van der Waals surface area contributed by atoms with Crippen molar-refractivity contribution in [1.29, 1.82) is 0 Å². The highest BCUT2D eigenvalue weighted by Gasteiger charge is 2.59. The summed E-state index contributed by atoms with van der Waals surface area (Å²) in [5.41, 5.74) is 7.48. The topological polar surface area (TPSA) is 50.9 Å². The predicted octanol–water partition coefficient (Wildman–Crippen LogP) is 3.29. The molecule has 1 heterocycles. The summed E-state index contributed by atoms with van der Waals surface area (Å²) < 4.78 is 0. The molecule has 3 heteroatoms. The predicted molar refractivity (Wildman–Crippen MR) is 75.3 cm³/mol. The molecule has 0 saturated heterocycles. The van der Waals surface area contributed by atoms with Crippen LogP contribution in [0.2, 0.25) is 0 Å². The van der Waals surface area contributed by atoms with Crippen LogP contribution in [0.1, 0.15) is 40.0 Å². The van der Waals surface area contributed by atoms with Crippen molar-refractivity contribution >= 4 is 11.5 Å². The smallest absolute Gasteiger partial charge is 0.149 e. The Morgan fingerprint density at radius 3 is 2.78 bits per heavy atom. The third kappa shape index (κ3) is 1.53. The summed E-state index contributed by atoms with van der Waals surface area (Å²) in [6.07, 6.45) is 5.84. The largest absolute Gasteiger partial charge is 0.396 e. The second kappa shape index (κ2) is 3.62. The standard InChI is InChI=1S/C15H23N3/c1-14(2)10-6-7-15(3,9-10)13(14)18-12-11(16)5-4-8-17-12/h4-5,8,10,13H,6-7,9,16H2,1-3H3,(H,17,18). The van der Waals surface area contributed by atoms with E-state index in [4.69, 9.17) is 5.73 Å². The molecule has 0 aliphatic heterocycles. The Kier molecular flexibility index (Phi) is 2.38. The number of fused-ring (bicyclic) bond motifs is 2. The zero-order chi connectivity index (χ0) is 13.0. The maximum Gasteiger partial charge on any atom is 0.149 e. The first-order valence-electron chi connectivity index (χ1n) is 6.90. The van der Waals surface area contributed by atoms with Crippen LogP contribution < -0.4 is 11.1 Å². The number of anilines is 2. The van der Waals surface area contributed by atoms with Crippen LogP contribution in [0.4, 0.5) is 11.5 Å². The second-order valence-electron chi connectivity index (χ2n) is 6.93. The quantitative estimate of drug-likeness (QED) is 0.840. The van der Waals surface area contributed by atoms with E-state index >= 15 is 0 Å². The lowest BCUT2D eigenvalue weighted by atomic mass is 9.68. The summed E-state index contributed by atoms with van der Waals surface area (Å²) in [6, 6.07) is 4.27. The van der Waals surface area contributed by atoms with E-state index in [-0.39, 0.29) is 0 Å². The average Bonchev–Trinajstić information content (AvgIpc) is 2.78. The normalized spacial score (nSPS) is 36.8. The van der Waals surface area contributed by atoms with Gasteiger partial charge in [0.15, 0.2) is 0 Å². The van der Waals surface area contributed by atoms with Crippen LogP contribution in [0.3, 0.4) is 0 Å². The van der Waals surface area contributed by atoms with E-state index in [1.165, 1.54) is 19.3 Å². The highest BCUT2D eigenvalue weighted by molar-refractivity contribution is 5.61. The number of nitrogens with one attached hydrogen (secondary N) is 1. The fourth-order valence-electron chi connectivity index (χ4n) is 4.34. The van der Waals surface area contributed by atoms with Gasteiger partial charge in [0.1, 0.15) is 5.82 Å². The van der Waals surface area contributed by atoms with Crippen molar-refractivity contribution in [2.45, 2.75) is 46.1 Å². The molecule has 3 N–H and O–H groups in total. The highest BCUT2D eigenvalue weighted by atomic mass is 15.1. The molecule has 0 amide bonds. The number of hydrogen-bond donors (Lipinski definition) is 2. The van der Waals surface area contributed by atoms with Crippen LogP contribution in [-0.2, 0) is 0 Å². The minimum Gasteiger partial charge on any atom is -0.396 e. The number of hydrogen-bond acceptors (Lipinski definition) is 3. The van der Waals surface area contributed by atoms with Gasteiger partial charge in [-0.15, -0.1) is 0 Å². The Labute approximate surface area is 109 Å².